The number of carbonyl (C=O) groups excluding carboxylic acids is 1. The molecule has 0 spiro atoms. The first-order valence-corrected chi connectivity index (χ1v) is 6.78. The van der Waals surface area contributed by atoms with Crippen molar-refractivity contribution in [3.8, 4) is 5.75 Å². The molecule has 0 radical (unpaired) electrons. The van der Waals surface area contributed by atoms with Gasteiger partial charge in [-0.3, -0.25) is 0 Å². The van der Waals surface area contributed by atoms with Crippen LogP contribution in [0.1, 0.15) is 5.56 Å². The highest BCUT2D eigenvalue weighted by atomic mass is 35.5. The van der Waals surface area contributed by atoms with Crippen LogP contribution in [0.5, 0.6) is 5.75 Å². The van der Waals surface area contributed by atoms with E-state index in [0.29, 0.717) is 22.8 Å². The third kappa shape index (κ3) is 4.18. The Labute approximate surface area is 131 Å². The molecule has 0 saturated heterocycles. The number of primary amides is 1. The summed E-state index contributed by atoms with van der Waals surface area (Å²) in [4.78, 5) is 10.8. The zero-order valence-electron chi connectivity index (χ0n) is 10.9. The number of amides is 2. The predicted molar refractivity (Wildman–Crippen MR) is 85.1 cm³/mol. The molecule has 0 heterocycles. The summed E-state index contributed by atoms with van der Waals surface area (Å²) >= 11 is 11.8. The normalized spacial score (nSPS) is 10.2. The first kappa shape index (κ1) is 15.3. The summed E-state index contributed by atoms with van der Waals surface area (Å²) in [7, 11) is 0. The molecule has 5 nitrogen and oxygen atoms in total. The topological polar surface area (TPSA) is 87.4 Å². The Morgan fingerprint density at radius 1 is 1.19 bits per heavy atom. The van der Waals surface area contributed by atoms with E-state index in [9.17, 15) is 9.90 Å². The number of halogens is 2. The predicted octanol–water partition coefficient (Wildman–Crippen LogP) is 3.80. The van der Waals surface area contributed by atoms with Gasteiger partial charge in [-0.05, 0) is 30.3 Å². The number of carbonyl (C=O) groups is 1. The van der Waals surface area contributed by atoms with Crippen LogP contribution in [0.25, 0.3) is 0 Å². The highest BCUT2D eigenvalue weighted by Crippen LogP contribution is 2.31. The number of nitrogens with one attached hydrogen (secondary N) is 2. The van der Waals surface area contributed by atoms with E-state index >= 15 is 0 Å². The van der Waals surface area contributed by atoms with E-state index in [4.69, 9.17) is 28.9 Å². The summed E-state index contributed by atoms with van der Waals surface area (Å²) in [6.07, 6.45) is 0. The SMILES string of the molecule is NC(=O)Nc1cccc(NCc2cc(Cl)cc(Cl)c2O)c1. The van der Waals surface area contributed by atoms with Gasteiger partial charge in [-0.1, -0.05) is 29.3 Å². The third-order valence-electron chi connectivity index (χ3n) is 2.72. The summed E-state index contributed by atoms with van der Waals surface area (Å²) in [6.45, 7) is 0.326. The minimum atomic E-state index is -0.633. The lowest BCUT2D eigenvalue weighted by atomic mass is 10.2. The number of hydrogen-bond acceptors (Lipinski definition) is 3. The maximum atomic E-state index is 10.8. The monoisotopic (exact) mass is 325 g/mol. The summed E-state index contributed by atoms with van der Waals surface area (Å²) < 4.78 is 0. The van der Waals surface area contributed by atoms with Crippen molar-refractivity contribution in [1.82, 2.24) is 0 Å². The lowest BCUT2D eigenvalue weighted by Gasteiger charge is -2.11. The molecule has 5 N–H and O–H groups in total. The fraction of sp³-hybridized carbons (Fsp3) is 0.0714. The van der Waals surface area contributed by atoms with Gasteiger partial charge in [-0.15, -0.1) is 0 Å². The van der Waals surface area contributed by atoms with E-state index in [-0.39, 0.29) is 10.8 Å². The molecule has 0 aliphatic heterocycles. The van der Waals surface area contributed by atoms with Crippen LogP contribution in [-0.2, 0) is 6.54 Å². The van der Waals surface area contributed by atoms with Crippen LogP contribution in [-0.4, -0.2) is 11.1 Å². The van der Waals surface area contributed by atoms with Crippen LogP contribution in [0.3, 0.4) is 0 Å². The number of phenolic OH excluding ortho intramolecular Hbond substituents is 1. The molecule has 0 unspecified atom stereocenters. The van der Waals surface area contributed by atoms with Gasteiger partial charge in [0.1, 0.15) is 5.75 Å². The van der Waals surface area contributed by atoms with Gasteiger partial charge in [0.25, 0.3) is 0 Å². The van der Waals surface area contributed by atoms with E-state index in [2.05, 4.69) is 10.6 Å². The number of anilines is 2. The second-order valence-electron chi connectivity index (χ2n) is 4.32. The second kappa shape index (κ2) is 6.56. The maximum Gasteiger partial charge on any atom is 0.316 e. The van der Waals surface area contributed by atoms with Gasteiger partial charge in [-0.25, -0.2) is 4.79 Å². The molecule has 21 heavy (non-hydrogen) atoms. The Kier molecular flexibility index (Phi) is 4.77. The van der Waals surface area contributed by atoms with Crippen molar-refractivity contribution in [2.75, 3.05) is 10.6 Å². The number of rotatable bonds is 4. The molecule has 0 aliphatic rings. The van der Waals surface area contributed by atoms with E-state index < -0.39 is 6.03 Å². The number of phenols is 1. The summed E-state index contributed by atoms with van der Waals surface area (Å²) in [6, 6.07) is 9.47. The van der Waals surface area contributed by atoms with Crippen LogP contribution in [0.4, 0.5) is 16.2 Å². The molecular weight excluding hydrogens is 313 g/mol. The van der Waals surface area contributed by atoms with Gasteiger partial charge < -0.3 is 21.5 Å². The van der Waals surface area contributed by atoms with Crippen LogP contribution >= 0.6 is 23.2 Å². The van der Waals surface area contributed by atoms with Crippen molar-refractivity contribution in [3.05, 3.63) is 52.0 Å². The summed E-state index contributed by atoms with van der Waals surface area (Å²) in [5, 5.41) is 16.1. The molecular formula is C14H13Cl2N3O2. The molecule has 2 amide bonds. The average molecular weight is 326 g/mol. The summed E-state index contributed by atoms with van der Waals surface area (Å²) in [5.41, 5.74) is 6.95. The van der Waals surface area contributed by atoms with E-state index in [1.54, 1.807) is 24.3 Å². The number of benzene rings is 2. The minimum absolute atomic E-state index is 0.0139. The Morgan fingerprint density at radius 3 is 2.62 bits per heavy atom. The average Bonchev–Trinajstić information content (AvgIpc) is 2.41. The van der Waals surface area contributed by atoms with Gasteiger partial charge in [0.15, 0.2) is 0 Å². The van der Waals surface area contributed by atoms with Gasteiger partial charge >= 0.3 is 6.03 Å². The number of hydrogen-bond donors (Lipinski definition) is 4. The van der Waals surface area contributed by atoms with Crippen molar-refractivity contribution in [2.24, 2.45) is 5.73 Å². The molecule has 0 fully saturated rings. The number of urea groups is 1. The van der Waals surface area contributed by atoms with Gasteiger partial charge in [-0.2, -0.15) is 0 Å². The Morgan fingerprint density at radius 2 is 1.90 bits per heavy atom. The van der Waals surface area contributed by atoms with Crippen LogP contribution in [0, 0.1) is 0 Å². The fourth-order valence-corrected chi connectivity index (χ4v) is 2.34. The molecule has 110 valence electrons. The van der Waals surface area contributed by atoms with Gasteiger partial charge in [0.2, 0.25) is 0 Å². The number of nitrogens with two attached hydrogens (primary N) is 1. The minimum Gasteiger partial charge on any atom is -0.506 e. The van der Waals surface area contributed by atoms with Crippen molar-refractivity contribution < 1.29 is 9.90 Å². The largest absolute Gasteiger partial charge is 0.506 e. The molecule has 0 aromatic heterocycles. The quantitative estimate of drug-likeness (QED) is 0.689. The van der Waals surface area contributed by atoms with E-state index in [0.717, 1.165) is 5.69 Å². The lowest BCUT2D eigenvalue weighted by molar-refractivity contribution is 0.259. The zero-order chi connectivity index (χ0) is 15.4. The molecule has 7 heteroatoms. The van der Waals surface area contributed by atoms with Crippen molar-refractivity contribution in [3.63, 3.8) is 0 Å². The van der Waals surface area contributed by atoms with Gasteiger partial charge in [0, 0.05) is 28.5 Å². The van der Waals surface area contributed by atoms with Gasteiger partial charge in [0.05, 0.1) is 5.02 Å². The van der Waals surface area contributed by atoms with Crippen LogP contribution in [0.15, 0.2) is 36.4 Å². The second-order valence-corrected chi connectivity index (χ2v) is 5.16. The molecule has 0 atom stereocenters. The van der Waals surface area contributed by atoms with Crippen molar-refractivity contribution in [1.29, 1.82) is 0 Å². The highest BCUT2D eigenvalue weighted by molar-refractivity contribution is 6.35. The van der Waals surface area contributed by atoms with Crippen LogP contribution in [0.2, 0.25) is 10.0 Å². The van der Waals surface area contributed by atoms with E-state index in [1.165, 1.54) is 6.07 Å². The highest BCUT2D eigenvalue weighted by Gasteiger charge is 2.08. The number of aromatic hydroxyl groups is 1. The molecule has 0 saturated carbocycles. The van der Waals surface area contributed by atoms with Crippen molar-refractivity contribution in [2.45, 2.75) is 6.54 Å². The molecule has 2 aromatic carbocycles. The molecule has 0 aliphatic carbocycles. The Bertz CT molecular complexity index is 677. The fourth-order valence-electron chi connectivity index (χ4n) is 1.80. The first-order chi connectivity index (χ1) is 9.95. The Balaban J connectivity index is 2.11. The maximum absolute atomic E-state index is 10.8. The lowest BCUT2D eigenvalue weighted by Crippen LogP contribution is -2.19. The standard InChI is InChI=1S/C14H13Cl2N3O2/c15-9-4-8(13(20)12(16)5-9)7-18-10-2-1-3-11(6-10)19-14(17)21/h1-6,18,20H,7H2,(H3,17,19,21). The molecule has 0 bridgehead atoms. The Hall–Kier alpha value is -2.11. The van der Waals surface area contributed by atoms with E-state index in [1.807, 2.05) is 6.07 Å². The first-order valence-electron chi connectivity index (χ1n) is 6.03. The zero-order valence-corrected chi connectivity index (χ0v) is 12.4. The van der Waals surface area contributed by atoms with Crippen LogP contribution < -0.4 is 16.4 Å². The van der Waals surface area contributed by atoms with Crippen molar-refractivity contribution >= 4 is 40.6 Å². The smallest absolute Gasteiger partial charge is 0.316 e. The summed E-state index contributed by atoms with van der Waals surface area (Å²) in [5.74, 6) is -0.0139. The molecule has 2 rings (SSSR count). The molecule has 2 aromatic rings. The third-order valence-corrected chi connectivity index (χ3v) is 3.23.